The van der Waals surface area contributed by atoms with Gasteiger partial charge in [0.1, 0.15) is 6.04 Å². The van der Waals surface area contributed by atoms with Crippen molar-refractivity contribution in [3.05, 3.63) is 17.7 Å². The molecule has 140 valence electrons. The van der Waals surface area contributed by atoms with Crippen LogP contribution < -0.4 is 19.5 Å². The first-order valence-electron chi connectivity index (χ1n) is 7.96. The van der Waals surface area contributed by atoms with Crippen LogP contribution in [0.3, 0.4) is 0 Å². The standard InChI is InChI=1S/C18H27NO6/c1-18(2,3)8-7-12(17(21)22)19-16(20)11-9-13(23-4)15(25-6)14(10-11)24-5/h9-10,12H,7-8H2,1-6H3,(H,19,20)(H,21,22). The predicted molar refractivity (Wildman–Crippen MR) is 93.7 cm³/mol. The monoisotopic (exact) mass is 353 g/mol. The Balaban J connectivity index is 3.03. The van der Waals surface area contributed by atoms with Crippen molar-refractivity contribution in [1.29, 1.82) is 0 Å². The number of nitrogens with one attached hydrogen (secondary N) is 1. The molecule has 0 bridgehead atoms. The molecule has 0 aliphatic heterocycles. The molecule has 1 atom stereocenters. The van der Waals surface area contributed by atoms with Gasteiger partial charge in [0.2, 0.25) is 5.75 Å². The summed E-state index contributed by atoms with van der Waals surface area (Å²) < 4.78 is 15.6. The van der Waals surface area contributed by atoms with E-state index >= 15 is 0 Å². The molecule has 0 fully saturated rings. The summed E-state index contributed by atoms with van der Waals surface area (Å²) in [7, 11) is 4.36. The SMILES string of the molecule is COc1cc(C(=O)NC(CCC(C)(C)C)C(=O)O)cc(OC)c1OC. The highest BCUT2D eigenvalue weighted by atomic mass is 16.5. The predicted octanol–water partition coefficient (Wildman–Crippen LogP) is 2.72. The Bertz CT molecular complexity index is 595. The minimum absolute atomic E-state index is 0.0228. The van der Waals surface area contributed by atoms with Gasteiger partial charge in [0.25, 0.3) is 5.91 Å². The van der Waals surface area contributed by atoms with Gasteiger partial charge in [-0.3, -0.25) is 4.79 Å². The van der Waals surface area contributed by atoms with Gasteiger partial charge in [-0.1, -0.05) is 20.8 Å². The highest BCUT2D eigenvalue weighted by molar-refractivity contribution is 5.97. The van der Waals surface area contributed by atoms with Gasteiger partial charge in [-0.25, -0.2) is 4.79 Å². The van der Waals surface area contributed by atoms with Crippen LogP contribution in [0, 0.1) is 5.41 Å². The summed E-state index contributed by atoms with van der Waals surface area (Å²) in [5, 5.41) is 11.9. The molecule has 1 aromatic rings. The lowest BCUT2D eigenvalue weighted by atomic mass is 9.88. The number of benzene rings is 1. The molecule has 1 aromatic carbocycles. The summed E-state index contributed by atoms with van der Waals surface area (Å²) in [5.74, 6) is -0.559. The van der Waals surface area contributed by atoms with Gasteiger partial charge in [-0.05, 0) is 30.4 Å². The summed E-state index contributed by atoms with van der Waals surface area (Å²) in [4.78, 5) is 23.9. The lowest BCUT2D eigenvalue weighted by Gasteiger charge is -2.22. The first-order chi connectivity index (χ1) is 11.6. The van der Waals surface area contributed by atoms with Crippen LogP contribution in [0.5, 0.6) is 17.2 Å². The molecule has 25 heavy (non-hydrogen) atoms. The van der Waals surface area contributed by atoms with Crippen LogP contribution in [-0.4, -0.2) is 44.4 Å². The molecule has 0 aliphatic rings. The number of carboxylic acids is 1. The maximum Gasteiger partial charge on any atom is 0.326 e. The van der Waals surface area contributed by atoms with E-state index in [4.69, 9.17) is 14.2 Å². The number of ether oxygens (including phenoxy) is 3. The second-order valence-electron chi connectivity index (χ2n) is 6.88. The smallest absolute Gasteiger partial charge is 0.326 e. The van der Waals surface area contributed by atoms with E-state index < -0.39 is 17.9 Å². The van der Waals surface area contributed by atoms with E-state index in [1.807, 2.05) is 20.8 Å². The molecule has 1 amide bonds. The third-order valence-electron chi connectivity index (χ3n) is 3.71. The summed E-state index contributed by atoms with van der Waals surface area (Å²) in [5.41, 5.74) is 0.210. The van der Waals surface area contributed by atoms with Crippen molar-refractivity contribution in [3.63, 3.8) is 0 Å². The van der Waals surface area contributed by atoms with E-state index in [1.165, 1.54) is 33.5 Å². The van der Waals surface area contributed by atoms with E-state index in [0.29, 0.717) is 30.1 Å². The van der Waals surface area contributed by atoms with Gasteiger partial charge in [0.05, 0.1) is 21.3 Å². The van der Waals surface area contributed by atoms with Gasteiger partial charge in [0, 0.05) is 5.56 Å². The Hall–Kier alpha value is -2.44. The first-order valence-corrected chi connectivity index (χ1v) is 7.96. The Morgan fingerprint density at radius 1 is 1.08 bits per heavy atom. The van der Waals surface area contributed by atoms with Crippen LogP contribution in [0.25, 0.3) is 0 Å². The highest BCUT2D eigenvalue weighted by Crippen LogP contribution is 2.38. The number of aliphatic carboxylic acids is 1. The Morgan fingerprint density at radius 3 is 1.96 bits per heavy atom. The summed E-state index contributed by atoms with van der Waals surface area (Å²) in [6.45, 7) is 6.06. The molecular weight excluding hydrogens is 326 g/mol. The molecule has 1 unspecified atom stereocenters. The molecule has 0 saturated carbocycles. The fourth-order valence-corrected chi connectivity index (χ4v) is 2.29. The lowest BCUT2D eigenvalue weighted by molar-refractivity contribution is -0.139. The average molecular weight is 353 g/mol. The Labute approximate surface area is 148 Å². The van der Waals surface area contributed by atoms with E-state index in [9.17, 15) is 14.7 Å². The third kappa shape index (κ3) is 5.85. The fourth-order valence-electron chi connectivity index (χ4n) is 2.29. The van der Waals surface area contributed by atoms with E-state index in [1.54, 1.807) is 0 Å². The van der Waals surface area contributed by atoms with Gasteiger partial charge in [-0.2, -0.15) is 0 Å². The summed E-state index contributed by atoms with van der Waals surface area (Å²) in [6, 6.07) is 2.00. The van der Waals surface area contributed by atoms with Gasteiger partial charge < -0.3 is 24.6 Å². The van der Waals surface area contributed by atoms with Crippen LogP contribution in [0.2, 0.25) is 0 Å². The van der Waals surface area contributed by atoms with Crippen LogP contribution in [0.15, 0.2) is 12.1 Å². The van der Waals surface area contributed by atoms with Crippen molar-refractivity contribution in [1.82, 2.24) is 5.32 Å². The van der Waals surface area contributed by atoms with Gasteiger partial charge in [-0.15, -0.1) is 0 Å². The van der Waals surface area contributed by atoms with Crippen LogP contribution in [0.4, 0.5) is 0 Å². The van der Waals surface area contributed by atoms with Crippen molar-refractivity contribution in [3.8, 4) is 17.2 Å². The number of carbonyl (C=O) groups excluding carboxylic acids is 1. The minimum atomic E-state index is -1.06. The third-order valence-corrected chi connectivity index (χ3v) is 3.71. The molecule has 0 aliphatic carbocycles. The van der Waals surface area contributed by atoms with Crippen molar-refractivity contribution in [2.45, 2.75) is 39.7 Å². The molecule has 7 nitrogen and oxygen atoms in total. The Kier molecular flexibility index (Phi) is 7.09. The van der Waals surface area contributed by atoms with Crippen molar-refractivity contribution < 1.29 is 28.9 Å². The molecule has 0 aromatic heterocycles. The highest BCUT2D eigenvalue weighted by Gasteiger charge is 2.24. The zero-order valence-corrected chi connectivity index (χ0v) is 15.6. The second kappa shape index (κ2) is 8.60. The lowest BCUT2D eigenvalue weighted by Crippen LogP contribution is -2.41. The number of carboxylic acid groups (broad SMARTS) is 1. The quantitative estimate of drug-likeness (QED) is 0.746. The maximum atomic E-state index is 12.5. The number of hydrogen-bond donors (Lipinski definition) is 2. The van der Waals surface area contributed by atoms with Gasteiger partial charge in [0.15, 0.2) is 11.5 Å². The minimum Gasteiger partial charge on any atom is -0.493 e. The first kappa shape index (κ1) is 20.6. The number of amides is 1. The summed E-state index contributed by atoms with van der Waals surface area (Å²) >= 11 is 0. The second-order valence-corrected chi connectivity index (χ2v) is 6.88. The van der Waals surface area contributed by atoms with Crippen molar-refractivity contribution in [2.24, 2.45) is 5.41 Å². The van der Waals surface area contributed by atoms with E-state index in [-0.39, 0.29) is 11.0 Å². The largest absolute Gasteiger partial charge is 0.493 e. The topological polar surface area (TPSA) is 94.1 Å². The van der Waals surface area contributed by atoms with E-state index in [2.05, 4.69) is 5.32 Å². The van der Waals surface area contributed by atoms with E-state index in [0.717, 1.165) is 0 Å². The number of methoxy groups -OCH3 is 3. The van der Waals surface area contributed by atoms with Crippen molar-refractivity contribution in [2.75, 3.05) is 21.3 Å². The zero-order chi connectivity index (χ0) is 19.2. The van der Waals surface area contributed by atoms with Crippen LogP contribution in [-0.2, 0) is 4.79 Å². The molecule has 2 N–H and O–H groups in total. The molecule has 0 heterocycles. The average Bonchev–Trinajstić information content (AvgIpc) is 2.55. The molecule has 1 rings (SSSR count). The number of carbonyl (C=O) groups is 2. The Morgan fingerprint density at radius 2 is 1.60 bits per heavy atom. The normalized spacial score (nSPS) is 12.2. The van der Waals surface area contributed by atoms with Crippen LogP contribution in [0.1, 0.15) is 44.0 Å². The zero-order valence-electron chi connectivity index (χ0n) is 15.6. The summed E-state index contributed by atoms with van der Waals surface area (Å²) in [6.07, 6.45) is 1.01. The van der Waals surface area contributed by atoms with Crippen molar-refractivity contribution >= 4 is 11.9 Å². The van der Waals surface area contributed by atoms with Crippen LogP contribution >= 0.6 is 0 Å². The fraction of sp³-hybridized carbons (Fsp3) is 0.556. The van der Waals surface area contributed by atoms with Gasteiger partial charge >= 0.3 is 5.97 Å². The number of hydrogen-bond acceptors (Lipinski definition) is 5. The maximum absolute atomic E-state index is 12.5. The molecule has 0 radical (unpaired) electrons. The number of rotatable bonds is 8. The molecular formula is C18H27NO6. The molecule has 0 spiro atoms. The molecule has 0 saturated heterocycles. The molecule has 7 heteroatoms.